The molecular weight excluding hydrogens is 682 g/mol. The predicted molar refractivity (Wildman–Crippen MR) is 173 cm³/mol. The number of amides is 5. The quantitative estimate of drug-likeness (QED) is 0.216. The van der Waals surface area contributed by atoms with Crippen molar-refractivity contribution in [1.82, 2.24) is 25.2 Å². The third-order valence-corrected chi connectivity index (χ3v) is 11.0. The lowest BCUT2D eigenvalue weighted by Gasteiger charge is -2.30. The fourth-order valence-corrected chi connectivity index (χ4v) is 7.66. The van der Waals surface area contributed by atoms with Gasteiger partial charge in [0.15, 0.2) is 0 Å². The van der Waals surface area contributed by atoms with Crippen LogP contribution < -0.4 is 15.4 Å². The lowest BCUT2D eigenvalue weighted by molar-refractivity contribution is -0.146. The zero-order chi connectivity index (χ0) is 35.6. The van der Waals surface area contributed by atoms with E-state index in [4.69, 9.17) is 4.74 Å². The van der Waals surface area contributed by atoms with Crippen LogP contribution in [0.25, 0.3) is 0 Å². The van der Waals surface area contributed by atoms with Crippen molar-refractivity contribution < 1.29 is 46.3 Å². The number of allylic oxidation sites excluding steroid dienone is 1. The zero-order valence-corrected chi connectivity index (χ0v) is 28.3. The highest BCUT2D eigenvalue weighted by Crippen LogP contribution is 2.46. The van der Waals surface area contributed by atoms with E-state index in [1.54, 1.807) is 12.1 Å². The average molecular weight is 724 g/mol. The molecule has 3 fully saturated rings. The van der Waals surface area contributed by atoms with E-state index >= 15 is 0 Å². The molecule has 272 valence electrons. The standard InChI is InChI=1S/C34H41F4N5O6S/c35-25-9-6-7-20-17-42(19-24(20)25)32(48)49-22-15-27-29(45)40-33(31(47)41-50-23-11-12-23)16-21(33)8-4-2-1-3-5-10-26(30(46)43(27)18-22)39-28(44)13-14-34(36,37)38/h4,6-9,21-23,26-27H,1-3,5,10-19H2,(H,39,44)(H,40,45)(H,41,47)/b8-4-/t21-,22-,26+,27?,33-/m1/s1. The molecular formula is C34H41F4N5O6S. The molecule has 50 heavy (non-hydrogen) atoms. The minimum Gasteiger partial charge on any atom is -0.444 e. The lowest BCUT2D eigenvalue weighted by Crippen LogP contribution is -2.57. The van der Waals surface area contributed by atoms with Crippen molar-refractivity contribution in [2.75, 3.05) is 6.54 Å². The molecule has 5 atom stereocenters. The molecule has 3 heterocycles. The van der Waals surface area contributed by atoms with Gasteiger partial charge in [0, 0.05) is 36.1 Å². The van der Waals surface area contributed by atoms with Gasteiger partial charge in [0.1, 0.15) is 29.5 Å². The molecule has 2 saturated carbocycles. The van der Waals surface area contributed by atoms with Crippen molar-refractivity contribution in [1.29, 1.82) is 0 Å². The summed E-state index contributed by atoms with van der Waals surface area (Å²) in [5.74, 6) is -3.36. The van der Waals surface area contributed by atoms with E-state index in [2.05, 4.69) is 15.4 Å². The van der Waals surface area contributed by atoms with Crippen LogP contribution in [-0.2, 0) is 37.0 Å². The predicted octanol–water partition coefficient (Wildman–Crippen LogP) is 4.40. The molecule has 2 aliphatic carbocycles. The van der Waals surface area contributed by atoms with Crippen LogP contribution in [0, 0.1) is 11.7 Å². The van der Waals surface area contributed by atoms with Crippen molar-refractivity contribution in [3.05, 3.63) is 47.3 Å². The van der Waals surface area contributed by atoms with Gasteiger partial charge in [-0.2, -0.15) is 13.2 Å². The number of halogens is 4. The normalized spacial score (nSPS) is 29.0. The Morgan fingerprint density at radius 2 is 1.88 bits per heavy atom. The number of benzene rings is 1. The monoisotopic (exact) mass is 723 g/mol. The van der Waals surface area contributed by atoms with Crippen LogP contribution in [0.1, 0.15) is 81.8 Å². The molecule has 0 aromatic heterocycles. The first-order chi connectivity index (χ1) is 23.8. The number of hydrogen-bond acceptors (Lipinski definition) is 7. The van der Waals surface area contributed by atoms with Crippen LogP contribution in [0.2, 0.25) is 0 Å². The molecule has 11 nitrogen and oxygen atoms in total. The minimum absolute atomic E-state index is 0.0163. The molecule has 3 N–H and O–H groups in total. The highest BCUT2D eigenvalue weighted by atomic mass is 32.2. The Hall–Kier alpha value is -3.82. The van der Waals surface area contributed by atoms with Gasteiger partial charge in [-0.3, -0.25) is 28.8 Å². The Bertz CT molecular complexity index is 1540. The Morgan fingerprint density at radius 3 is 2.62 bits per heavy atom. The highest BCUT2D eigenvalue weighted by molar-refractivity contribution is 7.98. The van der Waals surface area contributed by atoms with Crippen LogP contribution in [0.5, 0.6) is 0 Å². The number of rotatable bonds is 7. The van der Waals surface area contributed by atoms with Gasteiger partial charge >= 0.3 is 12.3 Å². The molecule has 6 rings (SSSR count). The Kier molecular flexibility index (Phi) is 10.7. The van der Waals surface area contributed by atoms with Gasteiger partial charge in [0.05, 0.1) is 19.5 Å². The van der Waals surface area contributed by atoms with Crippen molar-refractivity contribution in [3.63, 3.8) is 0 Å². The average Bonchev–Trinajstić information content (AvgIpc) is 3.92. The Morgan fingerprint density at radius 1 is 1.08 bits per heavy atom. The Labute approximate surface area is 291 Å². The third kappa shape index (κ3) is 8.55. The van der Waals surface area contributed by atoms with Crippen LogP contribution >= 0.6 is 11.9 Å². The smallest absolute Gasteiger partial charge is 0.410 e. The Balaban J connectivity index is 1.22. The lowest BCUT2D eigenvalue weighted by atomic mass is 10.0. The van der Waals surface area contributed by atoms with Gasteiger partial charge in [0.25, 0.3) is 5.91 Å². The second-order valence-electron chi connectivity index (χ2n) is 13.8. The summed E-state index contributed by atoms with van der Waals surface area (Å²) in [6.45, 7) is -0.132. The topological polar surface area (TPSA) is 137 Å². The summed E-state index contributed by atoms with van der Waals surface area (Å²) in [5.41, 5.74) is -0.231. The van der Waals surface area contributed by atoms with E-state index in [1.807, 2.05) is 12.2 Å². The van der Waals surface area contributed by atoms with Gasteiger partial charge < -0.3 is 20.3 Å². The number of ether oxygens (including phenoxy) is 1. The molecule has 1 aromatic carbocycles. The summed E-state index contributed by atoms with van der Waals surface area (Å²) in [6.07, 6.45) is 0.270. The SMILES string of the molecule is O=C(CCC(F)(F)F)N[C@H]1CCCCC/C=C\[C@@H]2C[C@@]2(C(=O)NSC2CC2)NC(=O)C2C[C@@H](OC(=O)N3Cc4cccc(F)c4C3)CN2C1=O. The molecule has 16 heteroatoms. The molecule has 5 aliphatic rings. The van der Waals surface area contributed by atoms with E-state index < -0.39 is 72.4 Å². The first kappa shape index (κ1) is 36.0. The number of alkyl halides is 3. The number of nitrogens with zero attached hydrogens (tertiary/aromatic N) is 2. The van der Waals surface area contributed by atoms with Gasteiger partial charge in [0.2, 0.25) is 17.7 Å². The maximum atomic E-state index is 14.4. The van der Waals surface area contributed by atoms with E-state index in [9.17, 15) is 41.5 Å². The number of hydrogen-bond donors (Lipinski definition) is 3. The molecule has 1 aromatic rings. The summed E-state index contributed by atoms with van der Waals surface area (Å²) in [7, 11) is 0. The molecule has 5 amide bonds. The first-order valence-electron chi connectivity index (χ1n) is 17.2. The molecule has 1 unspecified atom stereocenters. The van der Waals surface area contributed by atoms with Gasteiger partial charge in [-0.25, -0.2) is 9.18 Å². The summed E-state index contributed by atoms with van der Waals surface area (Å²) in [6, 6.07) is 2.12. The van der Waals surface area contributed by atoms with Crippen LogP contribution in [0.3, 0.4) is 0 Å². The van der Waals surface area contributed by atoms with E-state index in [0.717, 1.165) is 19.3 Å². The molecule has 0 bridgehead atoms. The maximum Gasteiger partial charge on any atom is 0.410 e. The highest BCUT2D eigenvalue weighted by Gasteiger charge is 2.61. The molecule has 0 radical (unpaired) electrons. The minimum atomic E-state index is -4.56. The van der Waals surface area contributed by atoms with E-state index in [1.165, 1.54) is 27.8 Å². The largest absolute Gasteiger partial charge is 0.444 e. The second-order valence-corrected chi connectivity index (χ2v) is 14.9. The van der Waals surface area contributed by atoms with Gasteiger partial charge in [-0.05, 0) is 62.1 Å². The summed E-state index contributed by atoms with van der Waals surface area (Å²) in [5, 5.41) is 5.68. The molecule has 3 aliphatic heterocycles. The number of fused-ring (bicyclic) bond motifs is 3. The van der Waals surface area contributed by atoms with Gasteiger partial charge in [-0.15, -0.1) is 0 Å². The van der Waals surface area contributed by atoms with Gasteiger partial charge in [-0.1, -0.05) is 37.1 Å². The third-order valence-electron chi connectivity index (χ3n) is 9.91. The van der Waals surface area contributed by atoms with Crippen molar-refractivity contribution >= 4 is 41.7 Å². The van der Waals surface area contributed by atoms with Crippen molar-refractivity contribution in [2.24, 2.45) is 5.92 Å². The van der Waals surface area contributed by atoms with Crippen LogP contribution in [0.4, 0.5) is 22.4 Å². The zero-order valence-electron chi connectivity index (χ0n) is 27.4. The summed E-state index contributed by atoms with van der Waals surface area (Å²) < 4.78 is 61.6. The van der Waals surface area contributed by atoms with Crippen LogP contribution in [0.15, 0.2) is 30.4 Å². The number of nitrogens with one attached hydrogen (secondary N) is 3. The van der Waals surface area contributed by atoms with Crippen LogP contribution in [-0.4, -0.2) is 81.2 Å². The van der Waals surface area contributed by atoms with E-state index in [0.29, 0.717) is 42.1 Å². The fourth-order valence-electron chi connectivity index (χ4n) is 6.83. The fraction of sp³-hybridized carbons (Fsp3) is 0.618. The summed E-state index contributed by atoms with van der Waals surface area (Å²) in [4.78, 5) is 70.1. The van der Waals surface area contributed by atoms with E-state index in [-0.39, 0.29) is 44.3 Å². The first-order valence-corrected chi connectivity index (χ1v) is 18.0. The molecule has 0 spiro atoms. The van der Waals surface area contributed by atoms with Crippen molar-refractivity contribution in [2.45, 2.75) is 119 Å². The number of carbonyl (C=O) groups is 5. The van der Waals surface area contributed by atoms with Crippen molar-refractivity contribution in [3.8, 4) is 0 Å². The summed E-state index contributed by atoms with van der Waals surface area (Å²) >= 11 is 1.32. The maximum absolute atomic E-state index is 14.4. The number of carbonyl (C=O) groups excluding carboxylic acids is 5. The second kappa shape index (κ2) is 14.8. The molecule has 1 saturated heterocycles.